The lowest BCUT2D eigenvalue weighted by atomic mass is 10.1. The van der Waals surface area contributed by atoms with Gasteiger partial charge in [0.15, 0.2) is 0 Å². The van der Waals surface area contributed by atoms with Crippen molar-refractivity contribution in [2.75, 3.05) is 20.1 Å². The lowest BCUT2D eigenvalue weighted by Crippen LogP contribution is -2.37. The van der Waals surface area contributed by atoms with Crippen LogP contribution in [0.15, 0.2) is 0 Å². The Morgan fingerprint density at radius 2 is 1.94 bits per heavy atom. The average Bonchev–Trinajstić information content (AvgIpc) is 2.72. The molecular weight excluding hydrogens is 263 g/mol. The van der Waals surface area contributed by atoms with Crippen molar-refractivity contribution in [3.05, 3.63) is 0 Å². The van der Waals surface area contributed by atoms with Gasteiger partial charge in [0.1, 0.15) is 4.33 Å². The molecule has 1 aliphatic rings. The van der Waals surface area contributed by atoms with Gasteiger partial charge in [-0.15, -0.1) is 23.2 Å². The maximum Gasteiger partial charge on any atom is 0.231 e. The molecule has 1 fully saturated rings. The highest BCUT2D eigenvalue weighted by Crippen LogP contribution is 2.64. The highest BCUT2D eigenvalue weighted by Gasteiger charge is 2.68. The van der Waals surface area contributed by atoms with E-state index in [2.05, 4.69) is 5.32 Å². The third-order valence-electron chi connectivity index (χ3n) is 3.12. The van der Waals surface area contributed by atoms with Gasteiger partial charge in [0.2, 0.25) is 11.8 Å². The second kappa shape index (κ2) is 5.02. The molecule has 0 aromatic heterocycles. The lowest BCUT2D eigenvalue weighted by Gasteiger charge is -2.22. The summed E-state index contributed by atoms with van der Waals surface area (Å²) in [4.78, 5) is 24.3. The van der Waals surface area contributed by atoms with Crippen LogP contribution in [0.3, 0.4) is 0 Å². The molecule has 0 heterocycles. The zero-order valence-electron chi connectivity index (χ0n) is 10.3. The summed E-state index contributed by atoms with van der Waals surface area (Å²) in [7, 11) is 1.73. The van der Waals surface area contributed by atoms with Crippen molar-refractivity contribution in [1.29, 1.82) is 0 Å². The average molecular weight is 281 g/mol. The molecule has 0 aliphatic heterocycles. The number of nitrogens with one attached hydrogen (secondary N) is 1. The summed E-state index contributed by atoms with van der Waals surface area (Å²) in [6.07, 6.45) is 1.22. The number of amides is 2. The maximum absolute atomic E-state index is 12.0. The minimum atomic E-state index is -0.921. The van der Waals surface area contributed by atoms with Crippen molar-refractivity contribution in [1.82, 2.24) is 10.2 Å². The molecule has 2 amide bonds. The van der Waals surface area contributed by atoms with Crippen LogP contribution in [-0.4, -0.2) is 41.2 Å². The summed E-state index contributed by atoms with van der Waals surface area (Å²) < 4.78 is -0.921. The Kier molecular flexibility index (Phi) is 4.31. The third-order valence-corrected chi connectivity index (χ3v) is 4.22. The minimum absolute atomic E-state index is 0.0367. The number of hydrogen-bond donors (Lipinski definition) is 1. The highest BCUT2D eigenvalue weighted by atomic mass is 35.5. The van der Waals surface area contributed by atoms with Gasteiger partial charge in [0, 0.05) is 27.1 Å². The zero-order valence-corrected chi connectivity index (χ0v) is 11.9. The fraction of sp³-hybridized carbons (Fsp3) is 0.818. The molecule has 4 nitrogen and oxygen atoms in total. The first-order chi connectivity index (χ1) is 7.71. The van der Waals surface area contributed by atoms with Crippen LogP contribution in [0.2, 0.25) is 0 Å². The predicted octanol–water partition coefficient (Wildman–Crippen LogP) is 1.55. The molecule has 1 rings (SSSR count). The minimum Gasteiger partial charge on any atom is -0.356 e. The van der Waals surface area contributed by atoms with Crippen molar-refractivity contribution in [3.63, 3.8) is 0 Å². The van der Waals surface area contributed by atoms with E-state index in [0.29, 0.717) is 19.5 Å². The quantitative estimate of drug-likeness (QED) is 0.614. The summed E-state index contributed by atoms with van der Waals surface area (Å²) in [5.41, 5.74) is -0.654. The number of carbonyl (C=O) groups is 2. The molecule has 0 spiro atoms. The Morgan fingerprint density at radius 3 is 2.35 bits per heavy atom. The summed E-state index contributed by atoms with van der Waals surface area (Å²) in [6, 6.07) is 0. The number of hydrogen-bond acceptors (Lipinski definition) is 2. The Labute approximate surface area is 112 Å². The number of alkyl halides is 2. The number of carbonyl (C=O) groups excluding carboxylic acids is 2. The van der Waals surface area contributed by atoms with Gasteiger partial charge in [-0.05, 0) is 19.8 Å². The van der Waals surface area contributed by atoms with Crippen molar-refractivity contribution in [2.24, 2.45) is 5.41 Å². The topological polar surface area (TPSA) is 49.4 Å². The molecule has 98 valence electrons. The fourth-order valence-electron chi connectivity index (χ4n) is 1.74. The van der Waals surface area contributed by atoms with E-state index in [1.54, 1.807) is 18.9 Å². The monoisotopic (exact) mass is 280 g/mol. The van der Waals surface area contributed by atoms with Crippen LogP contribution in [-0.2, 0) is 9.59 Å². The first-order valence-electron chi connectivity index (χ1n) is 5.58. The van der Waals surface area contributed by atoms with Gasteiger partial charge in [-0.2, -0.15) is 0 Å². The van der Waals surface area contributed by atoms with E-state index in [0.717, 1.165) is 6.42 Å². The van der Waals surface area contributed by atoms with Crippen LogP contribution in [0.25, 0.3) is 0 Å². The predicted molar refractivity (Wildman–Crippen MR) is 68.1 cm³/mol. The largest absolute Gasteiger partial charge is 0.356 e. The van der Waals surface area contributed by atoms with Crippen LogP contribution in [0.1, 0.15) is 26.7 Å². The summed E-state index contributed by atoms with van der Waals surface area (Å²) in [5, 5.41) is 2.68. The van der Waals surface area contributed by atoms with Gasteiger partial charge in [-0.3, -0.25) is 9.59 Å². The second-order valence-corrected chi connectivity index (χ2v) is 6.26. The molecule has 1 atom stereocenters. The van der Waals surface area contributed by atoms with Crippen LogP contribution in [0, 0.1) is 5.41 Å². The van der Waals surface area contributed by atoms with E-state index in [4.69, 9.17) is 23.2 Å². The Bertz CT molecular complexity index is 333. The molecular formula is C11H18Cl2N2O2. The molecule has 17 heavy (non-hydrogen) atoms. The SMILES string of the molecule is CC(=O)NCCCN(C)C(=O)C1(C)CC1(Cl)Cl. The normalized spacial score (nSPS) is 25.2. The van der Waals surface area contributed by atoms with Gasteiger partial charge in [0.25, 0.3) is 0 Å². The van der Waals surface area contributed by atoms with Crippen LogP contribution >= 0.6 is 23.2 Å². The molecule has 1 N–H and O–H groups in total. The third kappa shape index (κ3) is 3.26. The molecule has 0 bridgehead atoms. The first-order valence-corrected chi connectivity index (χ1v) is 6.34. The second-order valence-electron chi connectivity index (χ2n) is 4.78. The molecule has 6 heteroatoms. The Hall–Kier alpha value is -0.480. The van der Waals surface area contributed by atoms with Gasteiger partial charge in [0.05, 0.1) is 5.41 Å². The number of nitrogens with zero attached hydrogens (tertiary/aromatic N) is 1. The molecule has 0 saturated heterocycles. The first kappa shape index (κ1) is 14.6. The molecule has 1 saturated carbocycles. The van der Waals surface area contributed by atoms with Crippen molar-refractivity contribution in [2.45, 2.75) is 31.0 Å². The van der Waals surface area contributed by atoms with E-state index >= 15 is 0 Å². The smallest absolute Gasteiger partial charge is 0.231 e. The standard InChI is InChI=1S/C11H18Cl2N2O2/c1-8(16)14-5-4-6-15(3)9(17)10(2)7-11(10,12)13/h4-7H2,1-3H3,(H,14,16). The summed E-state index contributed by atoms with van der Waals surface area (Å²) in [5.74, 6) is -0.0982. The van der Waals surface area contributed by atoms with E-state index in [9.17, 15) is 9.59 Å². The zero-order chi connectivity index (χ0) is 13.3. The van der Waals surface area contributed by atoms with Crippen LogP contribution in [0.5, 0.6) is 0 Å². The molecule has 0 radical (unpaired) electrons. The fourth-order valence-corrected chi connectivity index (χ4v) is 2.43. The van der Waals surface area contributed by atoms with Gasteiger partial charge < -0.3 is 10.2 Å². The van der Waals surface area contributed by atoms with E-state index in [1.807, 2.05) is 0 Å². The van der Waals surface area contributed by atoms with Crippen LogP contribution < -0.4 is 5.32 Å². The lowest BCUT2D eigenvalue weighted by molar-refractivity contribution is -0.135. The Balaban J connectivity index is 2.32. The van der Waals surface area contributed by atoms with Gasteiger partial charge in [-0.25, -0.2) is 0 Å². The van der Waals surface area contributed by atoms with E-state index in [-0.39, 0.29) is 11.8 Å². The number of halogens is 2. The Morgan fingerprint density at radius 1 is 1.41 bits per heavy atom. The highest BCUT2D eigenvalue weighted by molar-refractivity contribution is 6.53. The van der Waals surface area contributed by atoms with Crippen molar-refractivity contribution < 1.29 is 9.59 Å². The summed E-state index contributed by atoms with van der Waals surface area (Å²) >= 11 is 11.9. The molecule has 0 aromatic carbocycles. The van der Waals surface area contributed by atoms with Crippen LogP contribution in [0.4, 0.5) is 0 Å². The molecule has 0 aromatic rings. The van der Waals surface area contributed by atoms with Crippen molar-refractivity contribution >= 4 is 35.0 Å². The van der Waals surface area contributed by atoms with E-state index < -0.39 is 9.75 Å². The van der Waals surface area contributed by atoms with Gasteiger partial charge in [-0.1, -0.05) is 0 Å². The number of rotatable bonds is 5. The van der Waals surface area contributed by atoms with Crippen molar-refractivity contribution in [3.8, 4) is 0 Å². The molecule has 1 unspecified atom stereocenters. The van der Waals surface area contributed by atoms with E-state index in [1.165, 1.54) is 6.92 Å². The molecule has 1 aliphatic carbocycles. The maximum atomic E-state index is 12.0. The van der Waals surface area contributed by atoms with Gasteiger partial charge >= 0.3 is 0 Å². The summed E-state index contributed by atoms with van der Waals surface area (Å²) in [6.45, 7) is 4.39.